The van der Waals surface area contributed by atoms with Gasteiger partial charge in [-0.15, -0.1) is 0 Å². The number of carbonyl (C=O) groups is 4. The van der Waals surface area contributed by atoms with Crippen LogP contribution in [0.4, 0.5) is 10.1 Å². The standard InChI is InChI=1S/C49H42FNO8/c1-34(53)59-45(39-23-25-41(50)26-24-39)30-29-43-46(51(47(43)54)42-27-19-36(20-28-42)15-9-31-52)40-21-17-35(18-22-40)14-8-16-44(48(55)57-32-37-10-4-2-5-11-37)49(56)58-33-38-12-6-3-7-13-38/h2-7,10-13,17-28,43-46,52H,16,29-33H2,1H3/t43-,45+,46-/m1/s1. The van der Waals surface area contributed by atoms with Crippen LogP contribution in [0.2, 0.25) is 0 Å². The molecular formula is C49H42FNO8. The fraction of sp³-hybridized carbons (Fsp3) is 0.224. The largest absolute Gasteiger partial charge is 0.460 e. The second-order valence-corrected chi connectivity index (χ2v) is 13.9. The van der Waals surface area contributed by atoms with Crippen molar-refractivity contribution in [2.75, 3.05) is 11.5 Å². The summed E-state index contributed by atoms with van der Waals surface area (Å²) in [7, 11) is 0. The maximum absolute atomic E-state index is 13.9. The number of carbonyl (C=O) groups excluding carboxylic acids is 4. The molecule has 59 heavy (non-hydrogen) atoms. The zero-order valence-electron chi connectivity index (χ0n) is 32.4. The molecule has 0 spiro atoms. The van der Waals surface area contributed by atoms with E-state index in [-0.39, 0.29) is 38.2 Å². The minimum Gasteiger partial charge on any atom is -0.460 e. The van der Waals surface area contributed by atoms with Crippen molar-refractivity contribution in [3.63, 3.8) is 0 Å². The number of nitrogens with zero attached hydrogens (tertiary/aromatic N) is 1. The van der Waals surface area contributed by atoms with Crippen LogP contribution in [0.3, 0.4) is 0 Å². The van der Waals surface area contributed by atoms with Gasteiger partial charge in [-0.2, -0.15) is 0 Å². The molecule has 298 valence electrons. The summed E-state index contributed by atoms with van der Waals surface area (Å²) >= 11 is 0. The van der Waals surface area contributed by atoms with Gasteiger partial charge in [0.05, 0.1) is 12.0 Å². The molecule has 5 aromatic rings. The lowest BCUT2D eigenvalue weighted by atomic mass is 9.78. The maximum atomic E-state index is 13.9. The van der Waals surface area contributed by atoms with Crippen molar-refractivity contribution < 1.29 is 42.9 Å². The molecule has 0 saturated carbocycles. The van der Waals surface area contributed by atoms with Gasteiger partial charge in [-0.1, -0.05) is 109 Å². The minimum absolute atomic E-state index is 0.00267. The molecule has 0 aliphatic carbocycles. The molecule has 3 atom stereocenters. The topological polar surface area (TPSA) is 119 Å². The summed E-state index contributed by atoms with van der Waals surface area (Å²) in [6.07, 6.45) is -0.105. The number of anilines is 1. The van der Waals surface area contributed by atoms with Gasteiger partial charge < -0.3 is 24.2 Å². The van der Waals surface area contributed by atoms with Crippen LogP contribution >= 0.6 is 0 Å². The molecule has 1 heterocycles. The zero-order chi connectivity index (χ0) is 41.6. The molecule has 1 N–H and O–H groups in total. The van der Waals surface area contributed by atoms with Crippen LogP contribution in [0.25, 0.3) is 0 Å². The maximum Gasteiger partial charge on any atom is 0.321 e. The van der Waals surface area contributed by atoms with Crippen molar-refractivity contribution in [3.8, 4) is 23.7 Å². The minimum atomic E-state index is -1.27. The number of benzene rings is 5. The summed E-state index contributed by atoms with van der Waals surface area (Å²) in [4.78, 5) is 54.0. The van der Waals surface area contributed by atoms with Crippen LogP contribution in [0.15, 0.2) is 133 Å². The monoisotopic (exact) mass is 791 g/mol. The Hall–Kier alpha value is -7.01. The normalized spacial score (nSPS) is 14.8. The van der Waals surface area contributed by atoms with Crippen LogP contribution in [-0.2, 0) is 46.6 Å². The molecule has 5 aromatic carbocycles. The van der Waals surface area contributed by atoms with Gasteiger partial charge in [0.15, 0.2) is 5.92 Å². The lowest BCUT2D eigenvalue weighted by Crippen LogP contribution is -2.55. The van der Waals surface area contributed by atoms with E-state index in [2.05, 4.69) is 23.7 Å². The van der Waals surface area contributed by atoms with Crippen molar-refractivity contribution in [2.24, 2.45) is 11.8 Å². The summed E-state index contributed by atoms with van der Waals surface area (Å²) in [5, 5.41) is 9.10. The highest BCUT2D eigenvalue weighted by atomic mass is 19.1. The van der Waals surface area contributed by atoms with E-state index in [9.17, 15) is 23.6 Å². The number of esters is 3. The van der Waals surface area contributed by atoms with Crippen LogP contribution in [0.5, 0.6) is 0 Å². The summed E-state index contributed by atoms with van der Waals surface area (Å²) < 4.78 is 30.3. The molecule has 0 radical (unpaired) electrons. The fourth-order valence-electron chi connectivity index (χ4n) is 6.79. The van der Waals surface area contributed by atoms with Crippen LogP contribution in [0, 0.1) is 41.3 Å². The van der Waals surface area contributed by atoms with Gasteiger partial charge in [-0.05, 0) is 83.6 Å². The summed E-state index contributed by atoms with van der Waals surface area (Å²) in [6, 6.07) is 38.2. The molecule has 1 fully saturated rings. The second-order valence-electron chi connectivity index (χ2n) is 13.9. The third kappa shape index (κ3) is 11.3. The van der Waals surface area contributed by atoms with Gasteiger partial charge in [-0.3, -0.25) is 19.2 Å². The molecule has 1 aliphatic rings. The van der Waals surface area contributed by atoms with E-state index in [0.29, 0.717) is 35.2 Å². The summed E-state index contributed by atoms with van der Waals surface area (Å²) in [5.74, 6) is 7.28. The van der Waals surface area contributed by atoms with Gasteiger partial charge in [0, 0.05) is 30.2 Å². The molecule has 1 aliphatic heterocycles. The number of halogens is 1. The number of amides is 1. The Bertz CT molecular complexity index is 2290. The third-order valence-corrected chi connectivity index (χ3v) is 9.77. The lowest BCUT2D eigenvalue weighted by Gasteiger charge is -2.48. The average molecular weight is 792 g/mol. The number of ether oxygens (including phenoxy) is 3. The first kappa shape index (κ1) is 41.6. The van der Waals surface area contributed by atoms with Crippen LogP contribution in [-0.4, -0.2) is 35.5 Å². The predicted molar refractivity (Wildman–Crippen MR) is 218 cm³/mol. The Labute approximate surface area is 342 Å². The Kier molecular flexibility index (Phi) is 14.4. The van der Waals surface area contributed by atoms with E-state index < -0.39 is 41.7 Å². The van der Waals surface area contributed by atoms with Crippen LogP contribution in [0.1, 0.15) is 71.7 Å². The van der Waals surface area contributed by atoms with E-state index >= 15 is 0 Å². The Balaban J connectivity index is 1.20. The summed E-state index contributed by atoms with van der Waals surface area (Å²) in [6.45, 7) is 1.03. The smallest absolute Gasteiger partial charge is 0.321 e. The second kappa shape index (κ2) is 20.4. The first-order valence-corrected chi connectivity index (χ1v) is 19.2. The number of hydrogen-bond acceptors (Lipinski definition) is 8. The number of β-lactam (4-membered cyclic amide) rings is 1. The van der Waals surface area contributed by atoms with Crippen molar-refractivity contribution in [1.82, 2.24) is 0 Å². The molecular weight excluding hydrogens is 750 g/mol. The van der Waals surface area contributed by atoms with E-state index in [4.69, 9.17) is 19.3 Å². The Morgan fingerprint density at radius 1 is 0.729 bits per heavy atom. The SMILES string of the molecule is CC(=O)O[C@@H](CC[C@H]1C(=O)N(c2ccc(C#CCO)cc2)[C@@H]1c1ccc(C#CCC(C(=O)OCc2ccccc2)C(=O)OCc2ccccc2)cc1)c1ccc(F)cc1. The number of rotatable bonds is 14. The van der Waals surface area contributed by atoms with Crippen molar-refractivity contribution in [2.45, 2.75) is 51.5 Å². The Morgan fingerprint density at radius 3 is 1.81 bits per heavy atom. The van der Waals surface area contributed by atoms with E-state index in [1.165, 1.54) is 19.1 Å². The van der Waals surface area contributed by atoms with E-state index in [1.54, 1.807) is 41.3 Å². The van der Waals surface area contributed by atoms with E-state index in [0.717, 1.165) is 16.7 Å². The molecule has 0 aromatic heterocycles. The lowest BCUT2D eigenvalue weighted by molar-refractivity contribution is -0.163. The van der Waals surface area contributed by atoms with Gasteiger partial charge in [0.25, 0.3) is 0 Å². The average Bonchev–Trinajstić information content (AvgIpc) is 3.26. The van der Waals surface area contributed by atoms with Gasteiger partial charge in [0.1, 0.15) is 31.7 Å². The highest BCUT2D eigenvalue weighted by Crippen LogP contribution is 2.46. The molecule has 9 nitrogen and oxygen atoms in total. The quantitative estimate of drug-likeness (QED) is 0.0398. The first-order valence-electron chi connectivity index (χ1n) is 19.2. The summed E-state index contributed by atoms with van der Waals surface area (Å²) in [5.41, 5.74) is 4.98. The van der Waals surface area contributed by atoms with Crippen molar-refractivity contribution >= 4 is 29.5 Å². The molecule has 6 rings (SSSR count). The number of aliphatic hydroxyl groups is 1. The molecule has 0 unspecified atom stereocenters. The zero-order valence-corrected chi connectivity index (χ0v) is 32.4. The van der Waals surface area contributed by atoms with Gasteiger partial charge in [0.2, 0.25) is 5.91 Å². The molecule has 1 amide bonds. The third-order valence-electron chi connectivity index (χ3n) is 9.77. The molecule has 10 heteroatoms. The van der Waals surface area contributed by atoms with Gasteiger partial charge in [-0.25, -0.2) is 4.39 Å². The predicted octanol–water partition coefficient (Wildman–Crippen LogP) is 7.80. The first-order chi connectivity index (χ1) is 28.7. The molecule has 0 bridgehead atoms. The number of hydrogen-bond donors (Lipinski definition) is 1. The van der Waals surface area contributed by atoms with Crippen molar-refractivity contribution in [3.05, 3.63) is 173 Å². The van der Waals surface area contributed by atoms with E-state index in [1.807, 2.05) is 84.9 Å². The van der Waals surface area contributed by atoms with Gasteiger partial charge >= 0.3 is 17.9 Å². The fourth-order valence-corrected chi connectivity index (χ4v) is 6.79. The number of aliphatic hydroxyl groups excluding tert-OH is 1. The van der Waals surface area contributed by atoms with Crippen LogP contribution < -0.4 is 4.90 Å². The Morgan fingerprint density at radius 2 is 1.27 bits per heavy atom. The highest BCUT2D eigenvalue weighted by molar-refractivity contribution is 6.03. The highest BCUT2D eigenvalue weighted by Gasteiger charge is 2.48. The molecule has 1 saturated heterocycles. The van der Waals surface area contributed by atoms with Crippen molar-refractivity contribution in [1.29, 1.82) is 0 Å².